The number of amides is 2. The van der Waals surface area contributed by atoms with E-state index in [4.69, 9.17) is 4.74 Å². The molecule has 2 aromatic rings. The summed E-state index contributed by atoms with van der Waals surface area (Å²) in [5.41, 5.74) is 0.816. The molecule has 19 heavy (non-hydrogen) atoms. The minimum atomic E-state index is -0.167. The van der Waals surface area contributed by atoms with Crippen LogP contribution in [0.25, 0.3) is 10.2 Å². The molecule has 0 spiro atoms. The molecule has 1 N–H and O–H groups in total. The number of carbonyl (C=O) groups is 1. The van der Waals surface area contributed by atoms with Crippen LogP contribution in [0.4, 0.5) is 9.93 Å². The number of benzene rings is 1. The summed E-state index contributed by atoms with van der Waals surface area (Å²) in [6, 6.07) is 3.61. The van der Waals surface area contributed by atoms with Gasteiger partial charge in [0.05, 0.1) is 21.8 Å². The molecular weight excluding hydrogens is 330 g/mol. The molecule has 7 heteroatoms. The largest absolute Gasteiger partial charge is 0.494 e. The van der Waals surface area contributed by atoms with Crippen LogP contribution < -0.4 is 15.0 Å². The van der Waals surface area contributed by atoms with Gasteiger partial charge in [-0.3, -0.25) is 4.90 Å². The number of nitrogens with zero attached hydrogens (tertiary/aromatic N) is 2. The summed E-state index contributed by atoms with van der Waals surface area (Å²) >= 11 is 4.86. The van der Waals surface area contributed by atoms with E-state index in [9.17, 15) is 4.79 Å². The lowest BCUT2D eigenvalue weighted by Gasteiger charge is -2.13. The Balaban J connectivity index is 2.44. The molecule has 0 aliphatic rings. The van der Waals surface area contributed by atoms with Gasteiger partial charge < -0.3 is 10.1 Å². The van der Waals surface area contributed by atoms with Crippen molar-refractivity contribution in [2.75, 3.05) is 25.6 Å². The monoisotopic (exact) mass is 343 g/mol. The first-order valence-electron chi connectivity index (χ1n) is 5.73. The maximum atomic E-state index is 11.8. The Morgan fingerprint density at radius 1 is 1.58 bits per heavy atom. The van der Waals surface area contributed by atoms with Gasteiger partial charge in [0.1, 0.15) is 0 Å². The zero-order valence-corrected chi connectivity index (χ0v) is 13.3. The van der Waals surface area contributed by atoms with Crippen LogP contribution in [0, 0.1) is 0 Å². The van der Waals surface area contributed by atoms with Crippen LogP contribution in [0.2, 0.25) is 0 Å². The van der Waals surface area contributed by atoms with Gasteiger partial charge in [-0.15, -0.1) is 0 Å². The topological polar surface area (TPSA) is 54.5 Å². The Hall–Kier alpha value is -1.34. The number of ether oxygens (including phenoxy) is 1. The Morgan fingerprint density at radius 2 is 2.32 bits per heavy atom. The highest BCUT2D eigenvalue weighted by atomic mass is 79.9. The average Bonchev–Trinajstić information content (AvgIpc) is 2.82. The van der Waals surface area contributed by atoms with Crippen LogP contribution in [-0.4, -0.2) is 31.7 Å². The van der Waals surface area contributed by atoms with Crippen molar-refractivity contribution in [1.82, 2.24) is 10.3 Å². The molecule has 0 fully saturated rings. The fraction of sp³-hybridized carbons (Fsp3) is 0.333. The third kappa shape index (κ3) is 2.66. The lowest BCUT2D eigenvalue weighted by atomic mass is 10.3. The summed E-state index contributed by atoms with van der Waals surface area (Å²) < 4.78 is 7.16. The van der Waals surface area contributed by atoms with E-state index in [1.165, 1.54) is 16.2 Å². The summed E-state index contributed by atoms with van der Waals surface area (Å²) in [6.45, 7) is 2.47. The second-order valence-electron chi connectivity index (χ2n) is 3.82. The molecule has 0 atom stereocenters. The van der Waals surface area contributed by atoms with Gasteiger partial charge in [0.25, 0.3) is 0 Å². The number of hydrogen-bond donors (Lipinski definition) is 1. The number of halogens is 1. The fourth-order valence-corrected chi connectivity index (χ4v) is 3.30. The number of fused-ring (bicyclic) bond motifs is 1. The van der Waals surface area contributed by atoms with E-state index in [1.807, 2.05) is 19.1 Å². The molecule has 0 saturated heterocycles. The molecule has 2 amide bonds. The van der Waals surface area contributed by atoms with Crippen LogP contribution >= 0.6 is 27.3 Å². The second-order valence-corrected chi connectivity index (χ2v) is 5.65. The number of hydrogen-bond acceptors (Lipinski definition) is 4. The zero-order valence-electron chi connectivity index (χ0n) is 10.9. The van der Waals surface area contributed by atoms with Crippen LogP contribution in [0.3, 0.4) is 0 Å². The van der Waals surface area contributed by atoms with Gasteiger partial charge in [-0.25, -0.2) is 9.78 Å². The highest BCUT2D eigenvalue weighted by Crippen LogP contribution is 2.39. The number of thiazole rings is 1. The number of urea groups is 1. The first kappa shape index (κ1) is 14.1. The summed E-state index contributed by atoms with van der Waals surface area (Å²) in [5.74, 6) is 0.741. The minimum absolute atomic E-state index is 0.167. The Kier molecular flexibility index (Phi) is 4.26. The molecule has 1 aromatic heterocycles. The smallest absolute Gasteiger partial charge is 0.323 e. The van der Waals surface area contributed by atoms with Crippen molar-refractivity contribution in [3.8, 4) is 5.75 Å². The molecule has 2 rings (SSSR count). The number of aromatic nitrogens is 1. The normalized spacial score (nSPS) is 10.5. The Labute approximate surface area is 123 Å². The molecule has 0 aliphatic carbocycles. The molecule has 5 nitrogen and oxygen atoms in total. The van der Waals surface area contributed by atoms with E-state index in [0.29, 0.717) is 11.7 Å². The zero-order chi connectivity index (χ0) is 14.0. The van der Waals surface area contributed by atoms with Gasteiger partial charge in [0.2, 0.25) is 0 Å². The molecule has 0 unspecified atom stereocenters. The van der Waals surface area contributed by atoms with E-state index in [2.05, 4.69) is 26.2 Å². The van der Waals surface area contributed by atoms with Crippen LogP contribution in [0.15, 0.2) is 16.6 Å². The first-order valence-corrected chi connectivity index (χ1v) is 7.34. The van der Waals surface area contributed by atoms with Crippen LogP contribution in [-0.2, 0) is 0 Å². The molecule has 102 valence electrons. The third-order valence-electron chi connectivity index (χ3n) is 2.58. The SMILES string of the molecule is CCNC(=O)N(C)c1nc2ccc(Br)c(OC)c2s1. The number of anilines is 1. The molecule has 1 aromatic carbocycles. The van der Waals surface area contributed by atoms with E-state index < -0.39 is 0 Å². The van der Waals surface area contributed by atoms with E-state index in [1.54, 1.807) is 14.2 Å². The highest BCUT2D eigenvalue weighted by molar-refractivity contribution is 9.10. The predicted octanol–water partition coefficient (Wildman–Crippen LogP) is 3.23. The summed E-state index contributed by atoms with van der Waals surface area (Å²) in [7, 11) is 3.32. The molecule has 1 heterocycles. The number of nitrogens with one attached hydrogen (secondary N) is 1. The van der Waals surface area contributed by atoms with Gasteiger partial charge >= 0.3 is 6.03 Å². The third-order valence-corrected chi connectivity index (χ3v) is 4.35. The lowest BCUT2D eigenvalue weighted by Crippen LogP contribution is -2.36. The lowest BCUT2D eigenvalue weighted by molar-refractivity contribution is 0.248. The standard InChI is InChI=1S/C12H14BrN3O2S/c1-4-14-11(17)16(2)12-15-8-6-5-7(13)9(18-3)10(8)19-12/h5-6H,4H2,1-3H3,(H,14,17). The predicted molar refractivity (Wildman–Crippen MR) is 81.3 cm³/mol. The van der Waals surface area contributed by atoms with Gasteiger partial charge in [-0.05, 0) is 35.0 Å². The van der Waals surface area contributed by atoms with Crippen molar-refractivity contribution in [3.63, 3.8) is 0 Å². The Morgan fingerprint density at radius 3 is 2.95 bits per heavy atom. The molecule has 0 saturated carbocycles. The van der Waals surface area contributed by atoms with E-state index in [-0.39, 0.29) is 6.03 Å². The number of carbonyl (C=O) groups excluding carboxylic acids is 1. The van der Waals surface area contributed by atoms with Crippen molar-refractivity contribution < 1.29 is 9.53 Å². The van der Waals surface area contributed by atoms with Crippen LogP contribution in [0.1, 0.15) is 6.92 Å². The van der Waals surface area contributed by atoms with Crippen molar-refractivity contribution >= 4 is 48.6 Å². The second kappa shape index (κ2) is 5.75. The molecular formula is C12H14BrN3O2S. The van der Waals surface area contributed by atoms with Gasteiger partial charge in [-0.1, -0.05) is 11.3 Å². The van der Waals surface area contributed by atoms with Crippen molar-refractivity contribution in [2.24, 2.45) is 0 Å². The molecule has 0 radical (unpaired) electrons. The maximum absolute atomic E-state index is 11.8. The van der Waals surface area contributed by atoms with Crippen LogP contribution in [0.5, 0.6) is 5.75 Å². The van der Waals surface area contributed by atoms with Gasteiger partial charge in [0.15, 0.2) is 10.9 Å². The quantitative estimate of drug-likeness (QED) is 0.930. The van der Waals surface area contributed by atoms with Crippen molar-refractivity contribution in [1.29, 1.82) is 0 Å². The number of methoxy groups -OCH3 is 1. The van der Waals surface area contributed by atoms with E-state index >= 15 is 0 Å². The van der Waals surface area contributed by atoms with Crippen molar-refractivity contribution in [3.05, 3.63) is 16.6 Å². The minimum Gasteiger partial charge on any atom is -0.494 e. The Bertz CT molecular complexity index is 614. The fourth-order valence-electron chi connectivity index (χ4n) is 1.62. The highest BCUT2D eigenvalue weighted by Gasteiger charge is 2.17. The molecule has 0 bridgehead atoms. The average molecular weight is 344 g/mol. The summed E-state index contributed by atoms with van der Waals surface area (Å²) in [5, 5.41) is 3.38. The first-order chi connectivity index (χ1) is 9.08. The van der Waals surface area contributed by atoms with Gasteiger partial charge in [-0.2, -0.15) is 0 Å². The molecule has 0 aliphatic heterocycles. The summed E-state index contributed by atoms with van der Waals surface area (Å²) in [4.78, 5) is 17.7. The van der Waals surface area contributed by atoms with E-state index in [0.717, 1.165) is 20.4 Å². The summed E-state index contributed by atoms with van der Waals surface area (Å²) in [6.07, 6.45) is 0. The maximum Gasteiger partial charge on any atom is 0.323 e. The van der Waals surface area contributed by atoms with Crippen molar-refractivity contribution in [2.45, 2.75) is 6.92 Å². The number of rotatable bonds is 3. The van der Waals surface area contributed by atoms with Gasteiger partial charge in [0, 0.05) is 13.6 Å².